The molecule has 0 spiro atoms. The molecule has 31 heavy (non-hydrogen) atoms. The molecule has 0 fully saturated rings. The van der Waals surface area contributed by atoms with Gasteiger partial charge in [0.2, 0.25) is 0 Å². The van der Waals surface area contributed by atoms with E-state index in [1.807, 2.05) is 24.0 Å². The number of benzene rings is 2. The number of rotatable bonds is 7. The van der Waals surface area contributed by atoms with Gasteiger partial charge in [-0.25, -0.2) is 4.79 Å². The smallest absolute Gasteiger partial charge is 0.318 e. The molecule has 0 saturated heterocycles. The molecule has 3 aromatic rings. The maximum Gasteiger partial charge on any atom is 0.318 e. The van der Waals surface area contributed by atoms with E-state index in [1.165, 1.54) is 4.90 Å². The Morgan fingerprint density at radius 1 is 1.13 bits per heavy atom. The maximum absolute atomic E-state index is 13.4. The number of amides is 2. The minimum atomic E-state index is -0.176. The molecule has 4 rings (SSSR count). The molecule has 1 atom stereocenters. The molecule has 2 amide bonds. The minimum Gasteiger partial charge on any atom is -0.382 e. The maximum atomic E-state index is 13.4. The lowest BCUT2D eigenvalue weighted by molar-refractivity contribution is 0.143. The summed E-state index contributed by atoms with van der Waals surface area (Å²) in [6.07, 6.45) is 4.96. The van der Waals surface area contributed by atoms with Crippen molar-refractivity contribution in [2.24, 2.45) is 0 Å². The van der Waals surface area contributed by atoms with Crippen LogP contribution in [0.15, 0.2) is 71.8 Å². The monoisotopic (exact) mass is 435 g/mol. The Labute approximate surface area is 188 Å². The van der Waals surface area contributed by atoms with Crippen molar-refractivity contribution in [1.82, 2.24) is 14.8 Å². The van der Waals surface area contributed by atoms with E-state index in [0.717, 1.165) is 28.9 Å². The summed E-state index contributed by atoms with van der Waals surface area (Å²) in [7, 11) is 0. The number of thioether (sulfide) groups is 1. The summed E-state index contributed by atoms with van der Waals surface area (Å²) in [6.45, 7) is 4.47. The molecule has 2 heterocycles. The normalized spacial score (nSPS) is 15.2. The van der Waals surface area contributed by atoms with Gasteiger partial charge in [0.25, 0.3) is 0 Å². The molecule has 1 aliphatic rings. The lowest BCUT2D eigenvalue weighted by Crippen LogP contribution is -2.42. The van der Waals surface area contributed by atoms with Gasteiger partial charge in [0.05, 0.1) is 18.3 Å². The number of hydrogen-bond donors (Lipinski definition) is 1. The van der Waals surface area contributed by atoms with Crippen LogP contribution in [-0.4, -0.2) is 41.5 Å². The topological polar surface area (TPSA) is 46.5 Å². The number of urea groups is 1. The first-order chi connectivity index (χ1) is 15.2. The molecule has 162 valence electrons. The van der Waals surface area contributed by atoms with E-state index in [0.29, 0.717) is 26.3 Å². The highest BCUT2D eigenvalue weighted by molar-refractivity contribution is 7.98. The first-order valence-electron chi connectivity index (χ1n) is 10.7. The number of para-hydroxylation sites is 1. The number of carbonyl (C=O) groups is 1. The Morgan fingerprint density at radius 2 is 1.94 bits per heavy atom. The number of nitrogens with one attached hydrogen (secondary N) is 1. The summed E-state index contributed by atoms with van der Waals surface area (Å²) in [4.78, 5) is 16.6. The standard InChI is InChI=1S/C25H29N3O2S/c1-3-30-17-7-15-26-25(29)28-18-20-8-4-5-9-22(20)27-16-6-10-23(27)24(28)19-11-13-21(31-2)14-12-19/h4-6,8-14,16,24H,3,7,15,17-18H2,1-2H3,(H,26,29)/t24-/m1/s1. The van der Waals surface area contributed by atoms with Gasteiger partial charge < -0.3 is 19.5 Å². The summed E-state index contributed by atoms with van der Waals surface area (Å²) >= 11 is 1.72. The van der Waals surface area contributed by atoms with Crippen molar-refractivity contribution in [1.29, 1.82) is 0 Å². The fourth-order valence-electron chi connectivity index (χ4n) is 4.09. The van der Waals surface area contributed by atoms with Crippen LogP contribution < -0.4 is 5.32 Å². The lowest BCUT2D eigenvalue weighted by Gasteiger charge is -2.31. The van der Waals surface area contributed by atoms with Crippen molar-refractivity contribution in [2.45, 2.75) is 30.8 Å². The molecule has 1 N–H and O–H groups in total. The molecule has 2 aromatic carbocycles. The quantitative estimate of drug-likeness (QED) is 0.408. The second kappa shape index (κ2) is 10.1. The van der Waals surface area contributed by atoms with Crippen molar-refractivity contribution in [3.63, 3.8) is 0 Å². The molecule has 5 nitrogen and oxygen atoms in total. The van der Waals surface area contributed by atoms with Crippen molar-refractivity contribution < 1.29 is 9.53 Å². The third kappa shape index (κ3) is 4.65. The largest absolute Gasteiger partial charge is 0.382 e. The third-order valence-electron chi connectivity index (χ3n) is 5.60. The van der Waals surface area contributed by atoms with Gasteiger partial charge in [-0.2, -0.15) is 0 Å². The summed E-state index contributed by atoms with van der Waals surface area (Å²) in [5, 5.41) is 3.11. The second-order valence-corrected chi connectivity index (χ2v) is 8.40. The van der Waals surface area contributed by atoms with Crippen molar-refractivity contribution in [3.8, 4) is 5.69 Å². The Kier molecular flexibility index (Phi) is 6.99. The molecule has 0 radical (unpaired) electrons. The molecular formula is C25H29N3O2S. The highest BCUT2D eigenvalue weighted by atomic mass is 32.2. The molecular weight excluding hydrogens is 406 g/mol. The Bertz CT molecular complexity index is 1020. The first kappa shape index (κ1) is 21.5. The molecule has 1 aliphatic heterocycles. The predicted octanol–water partition coefficient (Wildman–Crippen LogP) is 5.24. The van der Waals surface area contributed by atoms with Crippen LogP contribution in [0, 0.1) is 0 Å². The zero-order valence-corrected chi connectivity index (χ0v) is 18.9. The van der Waals surface area contributed by atoms with Crippen LogP contribution in [0.1, 0.15) is 36.2 Å². The van der Waals surface area contributed by atoms with Crippen LogP contribution in [0.3, 0.4) is 0 Å². The molecule has 0 aliphatic carbocycles. The van der Waals surface area contributed by atoms with Gasteiger partial charge >= 0.3 is 6.03 Å². The molecule has 0 bridgehead atoms. The van der Waals surface area contributed by atoms with E-state index >= 15 is 0 Å². The SMILES string of the molecule is CCOCCCNC(=O)N1Cc2ccccc2-n2cccc2[C@H]1c1ccc(SC)cc1. The summed E-state index contributed by atoms with van der Waals surface area (Å²) in [5.74, 6) is 0. The Balaban J connectivity index is 1.70. The van der Waals surface area contributed by atoms with Crippen molar-refractivity contribution >= 4 is 17.8 Å². The van der Waals surface area contributed by atoms with E-state index in [-0.39, 0.29) is 12.1 Å². The molecule has 1 aromatic heterocycles. The summed E-state index contributed by atoms with van der Waals surface area (Å²) < 4.78 is 7.62. The van der Waals surface area contributed by atoms with E-state index < -0.39 is 0 Å². The molecule has 0 saturated carbocycles. The van der Waals surface area contributed by atoms with Crippen LogP contribution in [-0.2, 0) is 11.3 Å². The van der Waals surface area contributed by atoms with E-state index in [2.05, 4.69) is 70.9 Å². The van der Waals surface area contributed by atoms with Crippen molar-refractivity contribution in [2.75, 3.05) is 26.0 Å². The van der Waals surface area contributed by atoms with Crippen molar-refractivity contribution in [3.05, 3.63) is 83.7 Å². The van der Waals surface area contributed by atoms with Crippen LogP contribution >= 0.6 is 11.8 Å². The zero-order chi connectivity index (χ0) is 21.6. The molecule has 6 heteroatoms. The highest BCUT2D eigenvalue weighted by Gasteiger charge is 2.32. The number of hydrogen-bond acceptors (Lipinski definition) is 3. The average molecular weight is 436 g/mol. The second-order valence-electron chi connectivity index (χ2n) is 7.52. The van der Waals surface area contributed by atoms with Gasteiger partial charge in [0.1, 0.15) is 0 Å². The van der Waals surface area contributed by atoms with Gasteiger partial charge in [0, 0.05) is 36.5 Å². The number of nitrogens with zero attached hydrogens (tertiary/aromatic N) is 2. The number of carbonyl (C=O) groups excluding carboxylic acids is 1. The molecule has 0 unspecified atom stereocenters. The summed E-state index contributed by atoms with van der Waals surface area (Å²) in [5.41, 5.74) is 4.45. The fourth-order valence-corrected chi connectivity index (χ4v) is 4.50. The van der Waals surface area contributed by atoms with Gasteiger partial charge in [0.15, 0.2) is 0 Å². The Morgan fingerprint density at radius 3 is 2.71 bits per heavy atom. The van der Waals surface area contributed by atoms with Gasteiger partial charge in [-0.15, -0.1) is 11.8 Å². The number of fused-ring (bicyclic) bond motifs is 3. The minimum absolute atomic E-state index is 0.0557. The van der Waals surface area contributed by atoms with E-state index in [1.54, 1.807) is 11.8 Å². The average Bonchev–Trinajstić information content (AvgIpc) is 3.23. The van der Waals surface area contributed by atoms with Crippen LogP contribution in [0.5, 0.6) is 0 Å². The van der Waals surface area contributed by atoms with Gasteiger partial charge in [-0.05, 0) is 61.1 Å². The third-order valence-corrected chi connectivity index (χ3v) is 6.35. The highest BCUT2D eigenvalue weighted by Crippen LogP contribution is 2.37. The van der Waals surface area contributed by atoms with E-state index in [9.17, 15) is 4.79 Å². The lowest BCUT2D eigenvalue weighted by atomic mass is 10.0. The van der Waals surface area contributed by atoms with Gasteiger partial charge in [-0.3, -0.25) is 0 Å². The number of ether oxygens (including phenoxy) is 1. The van der Waals surface area contributed by atoms with Crippen LogP contribution in [0.25, 0.3) is 5.69 Å². The Hall–Kier alpha value is -2.70. The number of aromatic nitrogens is 1. The first-order valence-corrected chi connectivity index (χ1v) is 12.0. The van der Waals surface area contributed by atoms with Gasteiger partial charge in [-0.1, -0.05) is 30.3 Å². The zero-order valence-electron chi connectivity index (χ0n) is 18.1. The van der Waals surface area contributed by atoms with Crippen LogP contribution in [0.2, 0.25) is 0 Å². The summed E-state index contributed by atoms with van der Waals surface area (Å²) in [6, 6.07) is 20.8. The predicted molar refractivity (Wildman–Crippen MR) is 126 cm³/mol. The fraction of sp³-hybridized carbons (Fsp3) is 0.320. The van der Waals surface area contributed by atoms with Crippen LogP contribution in [0.4, 0.5) is 4.79 Å². The van der Waals surface area contributed by atoms with E-state index in [4.69, 9.17) is 4.74 Å².